The molecule has 1 aromatic heterocycles. The maximum absolute atomic E-state index is 12.7. The number of hydrogen-bond acceptors (Lipinski definition) is 4. The fourth-order valence-corrected chi connectivity index (χ4v) is 2.90. The molecular weight excluding hydrogens is 363 g/mol. The van der Waals surface area contributed by atoms with Gasteiger partial charge in [0.05, 0.1) is 17.5 Å². The summed E-state index contributed by atoms with van der Waals surface area (Å²) in [4.78, 5) is 9.21. The van der Waals surface area contributed by atoms with E-state index in [2.05, 4.69) is 9.97 Å². The van der Waals surface area contributed by atoms with Gasteiger partial charge in [-0.3, -0.25) is 4.21 Å². The Labute approximate surface area is 150 Å². The smallest absolute Gasteiger partial charge is 0.382 e. The summed E-state index contributed by atoms with van der Waals surface area (Å²) in [6, 6.07) is 11.6. The predicted molar refractivity (Wildman–Crippen MR) is 94.7 cm³/mol. The van der Waals surface area contributed by atoms with Crippen LogP contribution in [-0.4, -0.2) is 20.4 Å². The Morgan fingerprint density at radius 3 is 2.08 bits per heavy atom. The van der Waals surface area contributed by atoms with Crippen molar-refractivity contribution in [3.63, 3.8) is 0 Å². The fourth-order valence-electron chi connectivity index (χ4n) is 2.38. The van der Waals surface area contributed by atoms with Gasteiger partial charge in [0.1, 0.15) is 11.5 Å². The predicted octanol–water partition coefficient (Wildman–Crippen LogP) is 4.15. The lowest BCUT2D eigenvalue weighted by Crippen LogP contribution is -2.04. The van der Waals surface area contributed by atoms with Gasteiger partial charge in [-0.2, -0.15) is 13.2 Å². The zero-order valence-electron chi connectivity index (χ0n) is 13.6. The quantitative estimate of drug-likeness (QED) is 0.745. The number of halogens is 3. The lowest BCUT2D eigenvalue weighted by Gasteiger charge is -2.10. The summed E-state index contributed by atoms with van der Waals surface area (Å²) in [6.07, 6.45) is -1.33. The highest BCUT2D eigenvalue weighted by atomic mass is 32.2. The van der Waals surface area contributed by atoms with Crippen LogP contribution in [0.2, 0.25) is 0 Å². The SMILES string of the molecule is CS(=O)c1ccc(-c2cnc(N)c(-c3ccc(C(F)(F)F)cc3)n2)cc1. The maximum atomic E-state index is 12.7. The minimum atomic E-state index is -4.40. The van der Waals surface area contributed by atoms with Gasteiger partial charge in [0.2, 0.25) is 0 Å². The standard InChI is InChI=1S/C18H14F3N3OS/c1-26(25)14-8-4-11(5-9-14)15-10-23-17(22)16(24-15)12-2-6-13(7-3-12)18(19,20)21/h2-10H,1H3,(H2,22,23). The lowest BCUT2D eigenvalue weighted by atomic mass is 10.1. The average Bonchev–Trinajstić information content (AvgIpc) is 2.61. The van der Waals surface area contributed by atoms with E-state index >= 15 is 0 Å². The van der Waals surface area contributed by atoms with E-state index in [1.54, 1.807) is 30.5 Å². The second-order valence-electron chi connectivity index (χ2n) is 5.54. The first-order chi connectivity index (χ1) is 12.3. The molecule has 3 rings (SSSR count). The van der Waals surface area contributed by atoms with E-state index in [1.165, 1.54) is 18.3 Å². The summed E-state index contributed by atoms with van der Waals surface area (Å²) < 4.78 is 49.6. The number of nitrogens with two attached hydrogens (primary N) is 1. The van der Waals surface area contributed by atoms with E-state index in [4.69, 9.17) is 5.73 Å². The van der Waals surface area contributed by atoms with Gasteiger partial charge >= 0.3 is 6.18 Å². The van der Waals surface area contributed by atoms with E-state index in [9.17, 15) is 17.4 Å². The highest BCUT2D eigenvalue weighted by Crippen LogP contribution is 2.32. The Kier molecular flexibility index (Phi) is 4.78. The van der Waals surface area contributed by atoms with Gasteiger partial charge in [-0.25, -0.2) is 9.97 Å². The molecule has 1 atom stereocenters. The first-order valence-corrected chi connectivity index (χ1v) is 9.05. The molecule has 8 heteroatoms. The molecule has 3 aromatic rings. The molecular formula is C18H14F3N3OS. The van der Waals surface area contributed by atoms with Crippen molar-refractivity contribution in [1.29, 1.82) is 0 Å². The second kappa shape index (κ2) is 6.87. The Balaban J connectivity index is 1.99. The van der Waals surface area contributed by atoms with E-state index < -0.39 is 22.5 Å². The third kappa shape index (κ3) is 3.75. The molecule has 1 heterocycles. The average molecular weight is 377 g/mol. The van der Waals surface area contributed by atoms with Crippen molar-refractivity contribution in [1.82, 2.24) is 9.97 Å². The number of nitrogen functional groups attached to an aromatic ring is 1. The van der Waals surface area contributed by atoms with Crippen LogP contribution in [0.25, 0.3) is 22.5 Å². The molecule has 0 saturated carbocycles. The Morgan fingerprint density at radius 2 is 1.54 bits per heavy atom. The number of benzene rings is 2. The van der Waals surface area contributed by atoms with E-state index in [0.717, 1.165) is 17.7 Å². The molecule has 26 heavy (non-hydrogen) atoms. The van der Waals surface area contributed by atoms with Crippen LogP contribution < -0.4 is 5.73 Å². The lowest BCUT2D eigenvalue weighted by molar-refractivity contribution is -0.137. The van der Waals surface area contributed by atoms with Crippen LogP contribution in [0.4, 0.5) is 19.0 Å². The molecule has 0 saturated heterocycles. The van der Waals surface area contributed by atoms with E-state index in [-0.39, 0.29) is 5.82 Å². The van der Waals surface area contributed by atoms with Crippen LogP contribution in [0, 0.1) is 0 Å². The summed E-state index contributed by atoms with van der Waals surface area (Å²) in [6.45, 7) is 0. The normalized spacial score (nSPS) is 12.8. The van der Waals surface area contributed by atoms with Gasteiger partial charge in [0, 0.05) is 33.1 Å². The van der Waals surface area contributed by atoms with Crippen LogP contribution in [-0.2, 0) is 17.0 Å². The summed E-state index contributed by atoms with van der Waals surface area (Å²) in [7, 11) is -1.09. The van der Waals surface area contributed by atoms with Gasteiger partial charge in [-0.1, -0.05) is 24.3 Å². The Hall–Kier alpha value is -2.74. The Morgan fingerprint density at radius 1 is 0.962 bits per heavy atom. The molecule has 0 aliphatic heterocycles. The third-order valence-electron chi connectivity index (χ3n) is 3.77. The number of rotatable bonds is 3. The van der Waals surface area contributed by atoms with Gasteiger partial charge < -0.3 is 5.73 Å². The summed E-state index contributed by atoms with van der Waals surface area (Å²) in [5.41, 5.74) is 7.11. The topological polar surface area (TPSA) is 68.9 Å². The number of hydrogen-bond donors (Lipinski definition) is 1. The van der Waals surface area contributed by atoms with Gasteiger partial charge in [-0.15, -0.1) is 0 Å². The number of nitrogens with zero attached hydrogens (tertiary/aromatic N) is 2. The van der Waals surface area contributed by atoms with Crippen LogP contribution >= 0.6 is 0 Å². The van der Waals surface area contributed by atoms with E-state index in [1.807, 2.05) is 0 Å². The largest absolute Gasteiger partial charge is 0.416 e. The van der Waals surface area contributed by atoms with Crippen molar-refractivity contribution >= 4 is 16.6 Å². The highest BCUT2D eigenvalue weighted by molar-refractivity contribution is 7.84. The molecule has 0 amide bonds. The van der Waals surface area contributed by atoms with E-state index in [0.29, 0.717) is 21.8 Å². The molecule has 2 N–H and O–H groups in total. The van der Waals surface area contributed by atoms with Crippen LogP contribution in [0.5, 0.6) is 0 Å². The minimum absolute atomic E-state index is 0.125. The molecule has 0 fully saturated rings. The van der Waals surface area contributed by atoms with Crippen molar-refractivity contribution in [2.45, 2.75) is 11.1 Å². The molecule has 0 bridgehead atoms. The van der Waals surface area contributed by atoms with Gasteiger partial charge in [0.15, 0.2) is 0 Å². The fraction of sp³-hybridized carbons (Fsp3) is 0.111. The minimum Gasteiger partial charge on any atom is -0.382 e. The second-order valence-corrected chi connectivity index (χ2v) is 6.92. The van der Waals surface area contributed by atoms with Crippen LogP contribution in [0.3, 0.4) is 0 Å². The summed E-state index contributed by atoms with van der Waals surface area (Å²) in [5.74, 6) is 0.125. The first-order valence-electron chi connectivity index (χ1n) is 7.50. The number of aromatic nitrogens is 2. The van der Waals surface area contributed by atoms with Crippen molar-refractivity contribution in [2.75, 3.05) is 12.0 Å². The van der Waals surface area contributed by atoms with Gasteiger partial charge in [0.25, 0.3) is 0 Å². The van der Waals surface area contributed by atoms with Gasteiger partial charge in [-0.05, 0) is 24.3 Å². The van der Waals surface area contributed by atoms with Crippen LogP contribution in [0.1, 0.15) is 5.56 Å². The summed E-state index contributed by atoms with van der Waals surface area (Å²) in [5, 5.41) is 0. The van der Waals surface area contributed by atoms with Crippen molar-refractivity contribution in [3.8, 4) is 22.5 Å². The number of anilines is 1. The highest BCUT2D eigenvalue weighted by Gasteiger charge is 2.30. The molecule has 134 valence electrons. The number of alkyl halides is 3. The third-order valence-corrected chi connectivity index (χ3v) is 4.70. The molecule has 0 radical (unpaired) electrons. The zero-order valence-corrected chi connectivity index (χ0v) is 14.4. The molecule has 0 spiro atoms. The Bertz CT molecular complexity index is 955. The zero-order chi connectivity index (χ0) is 18.9. The van der Waals surface area contributed by atoms with Crippen molar-refractivity contribution < 1.29 is 17.4 Å². The summed E-state index contributed by atoms with van der Waals surface area (Å²) >= 11 is 0. The molecule has 1 unspecified atom stereocenters. The molecule has 0 aliphatic rings. The molecule has 4 nitrogen and oxygen atoms in total. The maximum Gasteiger partial charge on any atom is 0.416 e. The molecule has 0 aliphatic carbocycles. The first kappa shape index (κ1) is 18.1. The van der Waals surface area contributed by atoms with Crippen molar-refractivity contribution in [3.05, 3.63) is 60.3 Å². The van der Waals surface area contributed by atoms with Crippen LogP contribution in [0.15, 0.2) is 59.6 Å². The molecule has 2 aromatic carbocycles. The van der Waals surface area contributed by atoms with Crippen molar-refractivity contribution in [2.24, 2.45) is 0 Å². The monoisotopic (exact) mass is 377 g/mol.